The first-order valence-corrected chi connectivity index (χ1v) is 7.99. The minimum Gasteiger partial charge on any atom is -0.497 e. The van der Waals surface area contributed by atoms with Gasteiger partial charge in [0.05, 0.1) is 7.11 Å². The molecule has 0 aliphatic heterocycles. The minimum atomic E-state index is 0.174. The summed E-state index contributed by atoms with van der Waals surface area (Å²) in [5, 5.41) is 0. The van der Waals surface area contributed by atoms with Crippen molar-refractivity contribution >= 4 is 5.91 Å². The fourth-order valence-electron chi connectivity index (χ4n) is 3.21. The highest BCUT2D eigenvalue weighted by atomic mass is 16.5. The van der Waals surface area contributed by atoms with Crippen molar-refractivity contribution in [3.63, 3.8) is 0 Å². The van der Waals surface area contributed by atoms with Crippen LogP contribution in [0.1, 0.15) is 38.2 Å². The van der Waals surface area contributed by atoms with Crippen molar-refractivity contribution in [3.8, 4) is 5.75 Å². The van der Waals surface area contributed by atoms with Gasteiger partial charge in [-0.25, -0.2) is 0 Å². The highest BCUT2D eigenvalue weighted by Crippen LogP contribution is 2.32. The number of rotatable bonds is 6. The Morgan fingerprint density at radius 1 is 1.29 bits per heavy atom. The number of hydrogen-bond acceptors (Lipinski definition) is 2. The number of likely N-dealkylation sites (N-methyl/N-ethyl adjacent to an activating group) is 1. The maximum absolute atomic E-state index is 12.5. The van der Waals surface area contributed by atoms with Crippen LogP contribution in [0.25, 0.3) is 0 Å². The van der Waals surface area contributed by atoms with E-state index in [2.05, 4.69) is 19.1 Å². The maximum Gasteiger partial charge on any atom is 0.225 e. The van der Waals surface area contributed by atoms with Crippen LogP contribution in [0.5, 0.6) is 5.75 Å². The van der Waals surface area contributed by atoms with Gasteiger partial charge in [-0.3, -0.25) is 4.79 Å². The molecule has 0 N–H and O–H groups in total. The molecule has 0 bridgehead atoms. The van der Waals surface area contributed by atoms with E-state index in [-0.39, 0.29) is 5.92 Å². The van der Waals surface area contributed by atoms with Crippen LogP contribution in [0.15, 0.2) is 24.3 Å². The summed E-state index contributed by atoms with van der Waals surface area (Å²) >= 11 is 0. The molecule has 1 aliphatic carbocycles. The van der Waals surface area contributed by atoms with Crippen LogP contribution in [0.3, 0.4) is 0 Å². The molecular weight excluding hydrogens is 262 g/mol. The van der Waals surface area contributed by atoms with Gasteiger partial charge in [0.15, 0.2) is 0 Å². The average molecular weight is 289 g/mol. The van der Waals surface area contributed by atoms with Crippen LogP contribution >= 0.6 is 0 Å². The molecular formula is C18H27NO2. The number of ether oxygens (including phenoxy) is 1. The number of carbonyl (C=O) groups excluding carboxylic acids is 1. The van der Waals surface area contributed by atoms with Gasteiger partial charge in [-0.1, -0.05) is 31.9 Å². The van der Waals surface area contributed by atoms with E-state index in [1.807, 2.05) is 24.1 Å². The maximum atomic E-state index is 12.5. The van der Waals surface area contributed by atoms with Gasteiger partial charge in [-0.05, 0) is 42.9 Å². The Bertz CT molecular complexity index is 449. The molecule has 0 aromatic heterocycles. The third-order valence-corrected chi connectivity index (χ3v) is 4.77. The van der Waals surface area contributed by atoms with E-state index < -0.39 is 0 Å². The number of carbonyl (C=O) groups is 1. The second-order valence-corrected chi connectivity index (χ2v) is 6.19. The first kappa shape index (κ1) is 15.9. The Hall–Kier alpha value is -1.51. The van der Waals surface area contributed by atoms with Gasteiger partial charge >= 0.3 is 0 Å². The first-order chi connectivity index (χ1) is 10.1. The van der Waals surface area contributed by atoms with Crippen molar-refractivity contribution in [2.75, 3.05) is 20.7 Å². The molecule has 21 heavy (non-hydrogen) atoms. The smallest absolute Gasteiger partial charge is 0.225 e. The first-order valence-electron chi connectivity index (χ1n) is 7.99. The predicted molar refractivity (Wildman–Crippen MR) is 85.5 cm³/mol. The van der Waals surface area contributed by atoms with Crippen molar-refractivity contribution in [2.24, 2.45) is 11.8 Å². The lowest BCUT2D eigenvalue weighted by Crippen LogP contribution is -2.35. The molecule has 0 spiro atoms. The highest BCUT2D eigenvalue weighted by molar-refractivity contribution is 5.78. The summed E-state index contributed by atoms with van der Waals surface area (Å²) < 4.78 is 5.16. The number of amides is 1. The molecule has 1 amide bonds. The van der Waals surface area contributed by atoms with E-state index in [0.717, 1.165) is 18.7 Å². The molecule has 0 saturated heterocycles. The van der Waals surface area contributed by atoms with Crippen molar-refractivity contribution in [1.29, 1.82) is 0 Å². The lowest BCUT2D eigenvalue weighted by molar-refractivity contribution is -0.135. The zero-order chi connectivity index (χ0) is 15.2. The Labute approximate surface area is 128 Å². The summed E-state index contributed by atoms with van der Waals surface area (Å²) in [5.74, 6) is 1.95. The zero-order valence-electron chi connectivity index (χ0n) is 13.5. The van der Waals surface area contributed by atoms with Gasteiger partial charge in [0.25, 0.3) is 0 Å². The number of nitrogens with zero attached hydrogens (tertiary/aromatic N) is 1. The molecule has 1 fully saturated rings. The fourth-order valence-corrected chi connectivity index (χ4v) is 3.21. The van der Waals surface area contributed by atoms with Crippen molar-refractivity contribution < 1.29 is 9.53 Å². The van der Waals surface area contributed by atoms with E-state index in [1.165, 1.54) is 31.2 Å². The SMILES string of the molecule is COc1ccc(CCN(C)C(=O)C(C)C2CCCC2)cc1. The van der Waals surface area contributed by atoms with Crippen molar-refractivity contribution in [1.82, 2.24) is 4.90 Å². The summed E-state index contributed by atoms with van der Waals surface area (Å²) in [6.45, 7) is 2.88. The number of hydrogen-bond donors (Lipinski definition) is 0. The van der Waals surface area contributed by atoms with Gasteiger partial charge in [0, 0.05) is 19.5 Å². The zero-order valence-corrected chi connectivity index (χ0v) is 13.5. The quantitative estimate of drug-likeness (QED) is 0.802. The lowest BCUT2D eigenvalue weighted by Gasteiger charge is -2.25. The van der Waals surface area contributed by atoms with E-state index in [4.69, 9.17) is 4.74 Å². The molecule has 0 radical (unpaired) electrons. The Balaban J connectivity index is 1.82. The van der Waals surface area contributed by atoms with Gasteiger partial charge < -0.3 is 9.64 Å². The second-order valence-electron chi connectivity index (χ2n) is 6.19. The normalized spacial score (nSPS) is 16.7. The topological polar surface area (TPSA) is 29.5 Å². The van der Waals surface area contributed by atoms with Crippen LogP contribution in [0, 0.1) is 11.8 Å². The average Bonchev–Trinajstić information content (AvgIpc) is 3.06. The van der Waals surface area contributed by atoms with Crippen LogP contribution in [-0.4, -0.2) is 31.5 Å². The van der Waals surface area contributed by atoms with Gasteiger partial charge in [-0.2, -0.15) is 0 Å². The molecule has 116 valence electrons. The molecule has 1 aromatic carbocycles. The highest BCUT2D eigenvalue weighted by Gasteiger charge is 2.28. The van der Waals surface area contributed by atoms with Crippen LogP contribution in [-0.2, 0) is 11.2 Å². The largest absolute Gasteiger partial charge is 0.497 e. The van der Waals surface area contributed by atoms with E-state index in [9.17, 15) is 4.79 Å². The number of methoxy groups -OCH3 is 1. The fraction of sp³-hybridized carbons (Fsp3) is 0.611. The predicted octanol–water partition coefficient (Wildman–Crippen LogP) is 3.52. The molecule has 1 saturated carbocycles. The standard InChI is InChI=1S/C18H27NO2/c1-14(16-6-4-5-7-16)18(20)19(2)13-12-15-8-10-17(21-3)11-9-15/h8-11,14,16H,4-7,12-13H2,1-3H3. The summed E-state index contributed by atoms with van der Waals surface area (Å²) in [5.41, 5.74) is 1.24. The molecule has 1 unspecified atom stereocenters. The third kappa shape index (κ3) is 4.23. The van der Waals surface area contributed by atoms with Crippen LogP contribution in [0.2, 0.25) is 0 Å². The summed E-state index contributed by atoms with van der Waals surface area (Å²) in [6, 6.07) is 8.08. The molecule has 1 atom stereocenters. The van der Waals surface area contributed by atoms with Gasteiger partial charge in [0.2, 0.25) is 5.91 Å². The molecule has 0 heterocycles. The van der Waals surface area contributed by atoms with E-state index >= 15 is 0 Å². The Morgan fingerprint density at radius 3 is 2.48 bits per heavy atom. The second kappa shape index (κ2) is 7.48. The minimum absolute atomic E-state index is 0.174. The lowest BCUT2D eigenvalue weighted by atomic mass is 9.91. The van der Waals surface area contributed by atoms with Crippen LogP contribution in [0.4, 0.5) is 0 Å². The number of benzene rings is 1. The van der Waals surface area contributed by atoms with Gasteiger partial charge in [0.1, 0.15) is 5.75 Å². The Morgan fingerprint density at radius 2 is 1.90 bits per heavy atom. The molecule has 2 rings (SSSR count). The third-order valence-electron chi connectivity index (χ3n) is 4.77. The molecule has 1 aliphatic rings. The molecule has 3 nitrogen and oxygen atoms in total. The summed E-state index contributed by atoms with van der Waals surface area (Å²) in [7, 11) is 3.60. The van der Waals surface area contributed by atoms with Crippen molar-refractivity contribution in [2.45, 2.75) is 39.0 Å². The van der Waals surface area contributed by atoms with Crippen molar-refractivity contribution in [3.05, 3.63) is 29.8 Å². The van der Waals surface area contributed by atoms with E-state index in [1.54, 1.807) is 7.11 Å². The van der Waals surface area contributed by atoms with Gasteiger partial charge in [-0.15, -0.1) is 0 Å². The van der Waals surface area contributed by atoms with E-state index in [0.29, 0.717) is 11.8 Å². The molecule has 3 heteroatoms. The monoisotopic (exact) mass is 289 g/mol. The Kier molecular flexibility index (Phi) is 5.66. The summed E-state index contributed by atoms with van der Waals surface area (Å²) in [4.78, 5) is 14.4. The summed E-state index contributed by atoms with van der Waals surface area (Å²) in [6.07, 6.45) is 5.91. The van der Waals surface area contributed by atoms with Crippen LogP contribution < -0.4 is 4.74 Å². The molecule has 1 aromatic rings.